The van der Waals surface area contributed by atoms with Gasteiger partial charge in [0, 0.05) is 12.1 Å². The smallest absolute Gasteiger partial charge is 0.389 e. The second-order valence-corrected chi connectivity index (χ2v) is 6.34. The highest BCUT2D eigenvalue weighted by atomic mass is 35.5. The average molecular weight is 401 g/mol. The molecule has 8 heteroatoms. The van der Waals surface area contributed by atoms with Crippen molar-refractivity contribution < 1.29 is 23.1 Å². The molecule has 2 aromatic carbocycles. The first-order valence-corrected chi connectivity index (χ1v) is 8.27. The molecule has 0 saturated carbocycles. The van der Waals surface area contributed by atoms with Gasteiger partial charge in [0.15, 0.2) is 0 Å². The van der Waals surface area contributed by atoms with Gasteiger partial charge in [0.1, 0.15) is 0 Å². The number of hydrogen-bond donors (Lipinski definition) is 3. The molecule has 0 unspecified atom stereocenters. The molecule has 2 aromatic rings. The van der Waals surface area contributed by atoms with Crippen LogP contribution in [0.2, 0.25) is 0 Å². The zero-order valence-corrected chi connectivity index (χ0v) is 15.1. The average Bonchev–Trinajstić information content (AvgIpc) is 2.64. The first kappa shape index (κ1) is 21.2. The SMILES string of the molecule is Cl.O=C(N[C@]1(c2ccccc2)CCNC[C@H]1O)c1cccc(C(F)(F)F)c1. The van der Waals surface area contributed by atoms with Crippen molar-refractivity contribution in [3.63, 3.8) is 0 Å². The zero-order valence-electron chi connectivity index (χ0n) is 14.3. The second-order valence-electron chi connectivity index (χ2n) is 6.34. The Kier molecular flexibility index (Phi) is 6.51. The van der Waals surface area contributed by atoms with Gasteiger partial charge in [-0.15, -0.1) is 12.4 Å². The van der Waals surface area contributed by atoms with Crippen LogP contribution < -0.4 is 10.6 Å². The Morgan fingerprint density at radius 2 is 1.85 bits per heavy atom. The minimum Gasteiger partial charge on any atom is -0.389 e. The molecule has 27 heavy (non-hydrogen) atoms. The van der Waals surface area contributed by atoms with Crippen molar-refractivity contribution in [2.75, 3.05) is 13.1 Å². The minimum absolute atomic E-state index is 0. The molecule has 0 aromatic heterocycles. The number of amides is 1. The van der Waals surface area contributed by atoms with E-state index in [0.29, 0.717) is 18.5 Å². The molecule has 3 rings (SSSR count). The number of halogens is 4. The standard InChI is InChI=1S/C19H19F3N2O2.ClH/c20-19(21,22)15-8-4-5-13(11-15)17(26)24-18(9-10-23-12-16(18)25)14-6-2-1-3-7-14;/h1-8,11,16,23,25H,9-10,12H2,(H,24,26);1H/t16-,18+;/m1./s1. The molecule has 0 radical (unpaired) electrons. The summed E-state index contributed by atoms with van der Waals surface area (Å²) in [6, 6.07) is 13.3. The molecule has 0 spiro atoms. The molecule has 2 atom stereocenters. The van der Waals surface area contributed by atoms with Crippen LogP contribution in [-0.4, -0.2) is 30.2 Å². The Morgan fingerprint density at radius 3 is 2.48 bits per heavy atom. The van der Waals surface area contributed by atoms with E-state index in [-0.39, 0.29) is 24.5 Å². The van der Waals surface area contributed by atoms with E-state index in [1.165, 1.54) is 12.1 Å². The van der Waals surface area contributed by atoms with E-state index in [9.17, 15) is 23.1 Å². The second kappa shape index (κ2) is 8.29. The minimum atomic E-state index is -4.53. The molecule has 1 saturated heterocycles. The summed E-state index contributed by atoms with van der Waals surface area (Å²) in [6.07, 6.45) is -5.02. The summed E-state index contributed by atoms with van der Waals surface area (Å²) in [5.41, 5.74) is -1.32. The number of aliphatic hydroxyl groups excluding tert-OH is 1. The molecule has 1 heterocycles. The monoisotopic (exact) mass is 400 g/mol. The molecule has 1 aliphatic rings. The van der Waals surface area contributed by atoms with Crippen LogP contribution in [0.5, 0.6) is 0 Å². The van der Waals surface area contributed by atoms with Crippen LogP contribution in [0.3, 0.4) is 0 Å². The number of piperidine rings is 1. The van der Waals surface area contributed by atoms with Crippen molar-refractivity contribution in [1.82, 2.24) is 10.6 Å². The maximum absolute atomic E-state index is 12.9. The number of hydrogen-bond acceptors (Lipinski definition) is 3. The lowest BCUT2D eigenvalue weighted by Gasteiger charge is -2.43. The highest BCUT2D eigenvalue weighted by molar-refractivity contribution is 5.95. The van der Waals surface area contributed by atoms with E-state index < -0.39 is 29.3 Å². The van der Waals surface area contributed by atoms with Crippen molar-refractivity contribution in [3.8, 4) is 0 Å². The lowest BCUT2D eigenvalue weighted by molar-refractivity contribution is -0.137. The zero-order chi connectivity index (χ0) is 18.8. The van der Waals surface area contributed by atoms with Crippen molar-refractivity contribution in [1.29, 1.82) is 0 Å². The Balaban J connectivity index is 0.00000261. The molecule has 1 fully saturated rings. The Bertz CT molecular complexity index is 786. The van der Waals surface area contributed by atoms with Gasteiger partial charge in [-0.25, -0.2) is 0 Å². The number of carbonyl (C=O) groups is 1. The summed E-state index contributed by atoms with van der Waals surface area (Å²) < 4.78 is 38.7. The number of benzene rings is 2. The summed E-state index contributed by atoms with van der Waals surface area (Å²) in [4.78, 5) is 12.7. The number of aliphatic hydroxyl groups is 1. The van der Waals surface area contributed by atoms with E-state index in [4.69, 9.17) is 0 Å². The number of alkyl halides is 3. The summed E-state index contributed by atoms with van der Waals surface area (Å²) in [6.45, 7) is 0.840. The fourth-order valence-electron chi connectivity index (χ4n) is 3.27. The first-order chi connectivity index (χ1) is 12.3. The van der Waals surface area contributed by atoms with Gasteiger partial charge in [-0.05, 0) is 36.7 Å². The summed E-state index contributed by atoms with van der Waals surface area (Å²) in [5.74, 6) is -0.652. The predicted molar refractivity (Wildman–Crippen MR) is 97.8 cm³/mol. The Morgan fingerprint density at radius 1 is 1.15 bits per heavy atom. The van der Waals surface area contributed by atoms with Crippen LogP contribution >= 0.6 is 12.4 Å². The quantitative estimate of drug-likeness (QED) is 0.742. The molecule has 1 amide bonds. The van der Waals surface area contributed by atoms with Gasteiger partial charge < -0.3 is 15.7 Å². The van der Waals surface area contributed by atoms with Crippen molar-refractivity contribution >= 4 is 18.3 Å². The van der Waals surface area contributed by atoms with E-state index in [2.05, 4.69) is 10.6 Å². The third kappa shape index (κ3) is 4.43. The van der Waals surface area contributed by atoms with Crippen LogP contribution in [-0.2, 0) is 11.7 Å². The van der Waals surface area contributed by atoms with Gasteiger partial charge in [0.25, 0.3) is 5.91 Å². The van der Waals surface area contributed by atoms with E-state index in [1.54, 1.807) is 24.3 Å². The summed E-state index contributed by atoms with van der Waals surface area (Å²) in [5, 5.41) is 16.4. The van der Waals surface area contributed by atoms with Crippen molar-refractivity contribution in [3.05, 3.63) is 71.3 Å². The Hall–Kier alpha value is -2.09. The lowest BCUT2D eigenvalue weighted by Crippen LogP contribution is -2.61. The number of β-amino-alcohol motifs (C(OH)–C–C–N with tert-alkyl or cyclic N) is 1. The van der Waals surface area contributed by atoms with E-state index >= 15 is 0 Å². The molecule has 4 nitrogen and oxygen atoms in total. The third-order valence-corrected chi connectivity index (χ3v) is 4.68. The third-order valence-electron chi connectivity index (χ3n) is 4.68. The normalized spacial score (nSPS) is 22.6. The van der Waals surface area contributed by atoms with E-state index in [1.807, 2.05) is 6.07 Å². The van der Waals surface area contributed by atoms with E-state index in [0.717, 1.165) is 12.1 Å². The highest BCUT2D eigenvalue weighted by Gasteiger charge is 2.43. The molecule has 0 aliphatic carbocycles. The van der Waals surface area contributed by atoms with Crippen LogP contribution in [0.4, 0.5) is 13.2 Å². The number of nitrogens with one attached hydrogen (secondary N) is 2. The summed E-state index contributed by atoms with van der Waals surface area (Å²) in [7, 11) is 0. The van der Waals surface area contributed by atoms with Gasteiger partial charge in [-0.1, -0.05) is 36.4 Å². The highest BCUT2D eigenvalue weighted by Crippen LogP contribution is 2.33. The van der Waals surface area contributed by atoms with Crippen molar-refractivity contribution in [2.24, 2.45) is 0 Å². The predicted octanol–water partition coefficient (Wildman–Crippen LogP) is 3.11. The van der Waals surface area contributed by atoms with Crippen LogP contribution in [0, 0.1) is 0 Å². The van der Waals surface area contributed by atoms with Gasteiger partial charge >= 0.3 is 6.18 Å². The van der Waals surface area contributed by atoms with Gasteiger partial charge in [-0.2, -0.15) is 13.2 Å². The number of carbonyl (C=O) groups excluding carboxylic acids is 1. The molecular weight excluding hydrogens is 381 g/mol. The van der Waals surface area contributed by atoms with Crippen LogP contribution in [0.15, 0.2) is 54.6 Å². The molecule has 1 aliphatic heterocycles. The Labute approximate surface area is 161 Å². The maximum Gasteiger partial charge on any atom is 0.416 e. The fraction of sp³-hybridized carbons (Fsp3) is 0.316. The van der Waals surface area contributed by atoms with Crippen LogP contribution in [0.25, 0.3) is 0 Å². The first-order valence-electron chi connectivity index (χ1n) is 8.27. The fourth-order valence-corrected chi connectivity index (χ4v) is 3.27. The van der Waals surface area contributed by atoms with Gasteiger partial charge in [0.2, 0.25) is 0 Å². The number of rotatable bonds is 3. The molecular formula is C19H20ClF3N2O2. The molecule has 3 N–H and O–H groups in total. The molecule has 146 valence electrons. The maximum atomic E-state index is 12.9. The topological polar surface area (TPSA) is 61.4 Å². The molecule has 0 bridgehead atoms. The largest absolute Gasteiger partial charge is 0.416 e. The lowest BCUT2D eigenvalue weighted by atomic mass is 9.79. The van der Waals surface area contributed by atoms with Gasteiger partial charge in [0.05, 0.1) is 17.2 Å². The van der Waals surface area contributed by atoms with Crippen molar-refractivity contribution in [2.45, 2.75) is 24.2 Å². The van der Waals surface area contributed by atoms with Gasteiger partial charge in [-0.3, -0.25) is 4.79 Å². The van der Waals surface area contributed by atoms with Crippen LogP contribution in [0.1, 0.15) is 27.9 Å². The summed E-state index contributed by atoms with van der Waals surface area (Å²) >= 11 is 0.